The average molecular weight is 531 g/mol. The summed E-state index contributed by atoms with van der Waals surface area (Å²) in [5, 5.41) is 10.9. The highest BCUT2D eigenvalue weighted by Gasteiger charge is 2.48. The highest BCUT2D eigenvalue weighted by molar-refractivity contribution is 6.05. The normalized spacial score (nSPS) is 17.1. The molecular formula is C25H29F3N8O2. The molecule has 1 aromatic carbocycles. The second kappa shape index (κ2) is 11.1. The van der Waals surface area contributed by atoms with Crippen LogP contribution in [0.2, 0.25) is 0 Å². The van der Waals surface area contributed by atoms with Crippen molar-refractivity contribution in [3.05, 3.63) is 47.7 Å². The van der Waals surface area contributed by atoms with Gasteiger partial charge >= 0.3 is 6.18 Å². The van der Waals surface area contributed by atoms with Crippen molar-refractivity contribution < 1.29 is 22.8 Å². The molecule has 5 rings (SSSR count). The number of aryl methyl sites for hydroxylation is 1. The van der Waals surface area contributed by atoms with Crippen LogP contribution in [0.5, 0.6) is 0 Å². The number of halogens is 3. The van der Waals surface area contributed by atoms with Gasteiger partial charge in [0.25, 0.3) is 5.91 Å². The molecule has 13 heteroatoms. The van der Waals surface area contributed by atoms with Crippen molar-refractivity contribution in [3.63, 3.8) is 0 Å². The number of nitrogens with zero attached hydrogens (tertiary/aromatic N) is 6. The molecule has 38 heavy (non-hydrogen) atoms. The smallest absolute Gasteiger partial charge is 0.340 e. The molecule has 2 N–H and O–H groups in total. The lowest BCUT2D eigenvalue weighted by Crippen LogP contribution is -2.48. The van der Waals surface area contributed by atoms with Gasteiger partial charge in [0.1, 0.15) is 23.9 Å². The number of pyridine rings is 1. The predicted molar refractivity (Wildman–Crippen MR) is 137 cm³/mol. The van der Waals surface area contributed by atoms with E-state index in [2.05, 4.69) is 25.9 Å². The monoisotopic (exact) mass is 530 g/mol. The molecule has 0 spiro atoms. The molecule has 1 atom stereocenters. The molecular weight excluding hydrogens is 501 g/mol. The van der Waals surface area contributed by atoms with E-state index in [1.54, 1.807) is 48.4 Å². The number of fused-ring (bicyclic) bond motifs is 2. The van der Waals surface area contributed by atoms with E-state index < -0.39 is 24.0 Å². The zero-order valence-corrected chi connectivity index (χ0v) is 21.3. The van der Waals surface area contributed by atoms with Gasteiger partial charge in [0, 0.05) is 33.4 Å². The molecule has 4 heterocycles. The van der Waals surface area contributed by atoms with Gasteiger partial charge in [0.05, 0.1) is 23.0 Å². The van der Waals surface area contributed by atoms with Crippen LogP contribution >= 0.6 is 0 Å². The minimum atomic E-state index is -4.47. The zero-order valence-electron chi connectivity index (χ0n) is 21.3. The number of hydrogen-bond acceptors (Lipinski definition) is 7. The number of amides is 2. The van der Waals surface area contributed by atoms with Gasteiger partial charge in [-0.2, -0.15) is 23.4 Å². The molecule has 10 nitrogen and oxygen atoms in total. The number of hydrazone groups is 1. The fourth-order valence-corrected chi connectivity index (χ4v) is 4.69. The quantitative estimate of drug-likeness (QED) is 0.387. The van der Waals surface area contributed by atoms with Gasteiger partial charge in [-0.3, -0.25) is 14.3 Å². The lowest BCUT2D eigenvalue weighted by Gasteiger charge is -2.28. The Kier molecular flexibility index (Phi) is 7.83. The molecule has 202 valence electrons. The van der Waals surface area contributed by atoms with Gasteiger partial charge in [-0.05, 0) is 43.5 Å². The van der Waals surface area contributed by atoms with Crippen molar-refractivity contribution in [2.75, 3.05) is 25.5 Å². The standard InChI is InChI=1S/C22H21F3N6O2.C3H8N2/c1-29-16-7-8-18(28-15(16)10-26-29)27-14-5-2-4-13-11-30(21(33)20(13)14)12-19(32)31-9-3-6-17(31)22(23,24)25;1-3-5-4-2/h2,4-5,7-8,10,17H,3,6,9,11-12H2,1H3,(H,27,28);3-4H,1-2H3/b;5-3-. The van der Waals surface area contributed by atoms with Crippen molar-refractivity contribution in [1.29, 1.82) is 0 Å². The number of benzene rings is 1. The van der Waals surface area contributed by atoms with E-state index in [0.29, 0.717) is 34.6 Å². The summed E-state index contributed by atoms with van der Waals surface area (Å²) in [6.45, 7) is 1.68. The first kappa shape index (κ1) is 26.9. The summed E-state index contributed by atoms with van der Waals surface area (Å²) in [5.41, 5.74) is 5.76. The molecule has 1 saturated heterocycles. The first-order valence-electron chi connectivity index (χ1n) is 12.1. The number of nitrogens with one attached hydrogen (secondary N) is 2. The highest BCUT2D eigenvalue weighted by atomic mass is 19.4. The second-order valence-electron chi connectivity index (χ2n) is 8.89. The van der Waals surface area contributed by atoms with Gasteiger partial charge in [-0.1, -0.05) is 12.1 Å². The number of hydrogen-bond donors (Lipinski definition) is 2. The van der Waals surface area contributed by atoms with Crippen molar-refractivity contribution in [3.8, 4) is 0 Å². The predicted octanol–water partition coefficient (Wildman–Crippen LogP) is 3.43. The molecule has 2 amide bonds. The average Bonchev–Trinajstić information content (AvgIpc) is 3.59. The Morgan fingerprint density at radius 3 is 2.74 bits per heavy atom. The third kappa shape index (κ3) is 5.55. The Bertz CT molecular complexity index is 1350. The van der Waals surface area contributed by atoms with Crippen LogP contribution in [-0.2, 0) is 18.4 Å². The van der Waals surface area contributed by atoms with E-state index in [-0.39, 0.29) is 26.1 Å². The molecule has 2 aliphatic heterocycles. The molecule has 3 aromatic rings. The molecule has 0 saturated carbocycles. The molecule has 0 aliphatic carbocycles. The Hall–Kier alpha value is -4.16. The number of likely N-dealkylation sites (tertiary alicyclic amines) is 1. The van der Waals surface area contributed by atoms with Gasteiger partial charge < -0.3 is 20.5 Å². The van der Waals surface area contributed by atoms with Gasteiger partial charge in [-0.25, -0.2) is 4.98 Å². The van der Waals surface area contributed by atoms with Crippen molar-refractivity contribution in [2.45, 2.75) is 38.5 Å². The first-order valence-corrected chi connectivity index (χ1v) is 12.1. The SMILES string of the molecule is C/C=N\NC.Cn1ncc2nc(Nc3cccc4c3C(=O)N(CC(=O)N3CCCC3C(F)(F)F)C4)ccc21. The number of alkyl halides is 3. The van der Waals surface area contributed by atoms with Gasteiger partial charge in [0.2, 0.25) is 5.91 Å². The summed E-state index contributed by atoms with van der Waals surface area (Å²) in [4.78, 5) is 32.4. The van der Waals surface area contributed by atoms with Crippen molar-refractivity contribution >= 4 is 40.6 Å². The Balaban J connectivity index is 0.000000617. The summed E-state index contributed by atoms with van der Waals surface area (Å²) in [6, 6.07) is 7.14. The fraction of sp³-hybridized carbons (Fsp3) is 0.400. The lowest BCUT2D eigenvalue weighted by atomic mass is 10.1. The zero-order chi connectivity index (χ0) is 27.4. The molecule has 0 radical (unpaired) electrons. The molecule has 1 unspecified atom stereocenters. The van der Waals surface area contributed by atoms with Crippen LogP contribution in [-0.4, -0.2) is 74.9 Å². The summed E-state index contributed by atoms with van der Waals surface area (Å²) in [7, 11) is 3.58. The number of rotatable bonds is 5. The van der Waals surface area contributed by atoms with Crippen LogP contribution in [0, 0.1) is 0 Å². The van der Waals surface area contributed by atoms with Crippen LogP contribution in [0.25, 0.3) is 11.0 Å². The number of carbonyl (C=O) groups excluding carboxylic acids is 2. The maximum Gasteiger partial charge on any atom is 0.408 e. The maximum absolute atomic E-state index is 13.2. The number of carbonyl (C=O) groups is 2. The number of anilines is 2. The minimum Gasteiger partial charge on any atom is -0.340 e. The maximum atomic E-state index is 13.2. The van der Waals surface area contributed by atoms with Gasteiger partial charge in [0.15, 0.2) is 0 Å². The van der Waals surface area contributed by atoms with Crippen LogP contribution in [0.1, 0.15) is 35.7 Å². The van der Waals surface area contributed by atoms with Crippen LogP contribution in [0.15, 0.2) is 41.6 Å². The Morgan fingerprint density at radius 2 is 2.05 bits per heavy atom. The number of aromatic nitrogens is 3. The van der Waals surface area contributed by atoms with E-state index in [1.807, 2.05) is 20.0 Å². The summed E-state index contributed by atoms with van der Waals surface area (Å²) in [5.74, 6) is -0.558. The lowest BCUT2D eigenvalue weighted by molar-refractivity contribution is -0.182. The molecule has 2 aromatic heterocycles. The van der Waals surface area contributed by atoms with E-state index in [0.717, 1.165) is 10.4 Å². The Morgan fingerprint density at radius 1 is 1.26 bits per heavy atom. The third-order valence-corrected chi connectivity index (χ3v) is 6.42. The van der Waals surface area contributed by atoms with Crippen LogP contribution in [0.3, 0.4) is 0 Å². The topological polar surface area (TPSA) is 108 Å². The van der Waals surface area contributed by atoms with E-state index in [1.165, 1.54) is 4.90 Å². The third-order valence-electron chi connectivity index (χ3n) is 6.42. The summed E-state index contributed by atoms with van der Waals surface area (Å²) < 4.78 is 41.4. The van der Waals surface area contributed by atoms with Crippen molar-refractivity contribution in [1.82, 2.24) is 30.0 Å². The fourth-order valence-electron chi connectivity index (χ4n) is 4.69. The van der Waals surface area contributed by atoms with E-state index in [9.17, 15) is 22.8 Å². The Labute approximate surface area is 217 Å². The molecule has 0 bridgehead atoms. The van der Waals surface area contributed by atoms with E-state index >= 15 is 0 Å². The molecule has 1 fully saturated rings. The van der Waals surface area contributed by atoms with Crippen LogP contribution < -0.4 is 10.7 Å². The minimum absolute atomic E-state index is 0.0489. The van der Waals surface area contributed by atoms with E-state index in [4.69, 9.17) is 0 Å². The van der Waals surface area contributed by atoms with Gasteiger partial charge in [-0.15, -0.1) is 0 Å². The second-order valence-corrected chi connectivity index (χ2v) is 8.89. The first-order chi connectivity index (χ1) is 18.1. The summed E-state index contributed by atoms with van der Waals surface area (Å²) in [6.07, 6.45) is -0.942. The highest BCUT2D eigenvalue weighted by Crippen LogP contribution is 2.34. The largest absolute Gasteiger partial charge is 0.408 e. The molecule has 2 aliphatic rings. The van der Waals surface area contributed by atoms with Crippen molar-refractivity contribution in [2.24, 2.45) is 12.1 Å². The van der Waals surface area contributed by atoms with Crippen LogP contribution in [0.4, 0.5) is 24.7 Å². The summed E-state index contributed by atoms with van der Waals surface area (Å²) >= 11 is 0.